The first kappa shape index (κ1) is 13.4. The number of rotatable bonds is 4. The number of hydrogen-bond acceptors (Lipinski definition) is 2. The molecule has 0 unspecified atom stereocenters. The van der Waals surface area contributed by atoms with Gasteiger partial charge in [0.15, 0.2) is 0 Å². The minimum absolute atomic E-state index is 0.0993. The smallest absolute Gasteiger partial charge is 0.251 e. The number of aromatic hydroxyl groups is 1. The molecular formula is C16H19NO2. The second kappa shape index (κ2) is 5.74. The fraction of sp³-hybridized carbons (Fsp3) is 0.312. The molecule has 19 heavy (non-hydrogen) atoms. The lowest BCUT2D eigenvalue weighted by atomic mass is 9.96. The molecule has 0 aliphatic carbocycles. The van der Waals surface area contributed by atoms with E-state index in [4.69, 9.17) is 0 Å². The van der Waals surface area contributed by atoms with Gasteiger partial charge in [-0.05, 0) is 41.8 Å². The number of phenols is 1. The number of nitrogens with one attached hydrogen (secondary N) is 1. The van der Waals surface area contributed by atoms with Gasteiger partial charge in [0, 0.05) is 18.2 Å². The quantitative estimate of drug-likeness (QED) is 0.883. The number of amides is 1. The molecule has 0 fully saturated rings. The summed E-state index contributed by atoms with van der Waals surface area (Å²) in [6, 6.07) is 9.13. The number of carbonyl (C=O) groups excluding carboxylic acids is 1. The molecule has 0 saturated heterocycles. The molecule has 3 nitrogen and oxygen atoms in total. The molecule has 0 spiro atoms. The summed E-state index contributed by atoms with van der Waals surface area (Å²) in [5.74, 6) is 0.215. The SMILES string of the molecule is CCCCc1c(O)ccc2c(C(=O)NC)cccc12. The van der Waals surface area contributed by atoms with Crippen LogP contribution in [0, 0.1) is 0 Å². The molecule has 1 amide bonds. The highest BCUT2D eigenvalue weighted by Crippen LogP contribution is 2.30. The van der Waals surface area contributed by atoms with Gasteiger partial charge >= 0.3 is 0 Å². The van der Waals surface area contributed by atoms with E-state index in [0.717, 1.165) is 35.6 Å². The van der Waals surface area contributed by atoms with Crippen molar-refractivity contribution in [2.75, 3.05) is 7.05 Å². The van der Waals surface area contributed by atoms with Gasteiger partial charge in [-0.2, -0.15) is 0 Å². The molecule has 2 rings (SSSR count). The largest absolute Gasteiger partial charge is 0.508 e. The Morgan fingerprint density at radius 3 is 2.68 bits per heavy atom. The third-order valence-electron chi connectivity index (χ3n) is 3.40. The maximum atomic E-state index is 11.9. The number of fused-ring (bicyclic) bond motifs is 1. The van der Waals surface area contributed by atoms with Gasteiger partial charge < -0.3 is 10.4 Å². The molecule has 2 aromatic rings. The van der Waals surface area contributed by atoms with Crippen molar-refractivity contribution in [1.29, 1.82) is 0 Å². The van der Waals surface area contributed by atoms with Crippen LogP contribution in [0.15, 0.2) is 30.3 Å². The molecule has 0 aromatic heterocycles. The van der Waals surface area contributed by atoms with Crippen molar-refractivity contribution in [3.8, 4) is 5.75 Å². The highest BCUT2D eigenvalue weighted by atomic mass is 16.3. The Morgan fingerprint density at radius 1 is 1.21 bits per heavy atom. The molecular weight excluding hydrogens is 238 g/mol. The maximum Gasteiger partial charge on any atom is 0.251 e. The lowest BCUT2D eigenvalue weighted by Gasteiger charge is -2.11. The molecule has 0 aliphatic rings. The molecule has 2 N–H and O–H groups in total. The predicted molar refractivity (Wildman–Crippen MR) is 77.6 cm³/mol. The molecule has 0 aliphatic heterocycles. The summed E-state index contributed by atoms with van der Waals surface area (Å²) in [6.45, 7) is 2.12. The summed E-state index contributed by atoms with van der Waals surface area (Å²) in [5.41, 5.74) is 1.59. The van der Waals surface area contributed by atoms with Crippen LogP contribution >= 0.6 is 0 Å². The number of benzene rings is 2. The average molecular weight is 257 g/mol. The third kappa shape index (κ3) is 2.55. The van der Waals surface area contributed by atoms with E-state index in [0.29, 0.717) is 11.3 Å². The summed E-state index contributed by atoms with van der Waals surface area (Å²) < 4.78 is 0. The van der Waals surface area contributed by atoms with Crippen LogP contribution in [0.4, 0.5) is 0 Å². The summed E-state index contributed by atoms with van der Waals surface area (Å²) >= 11 is 0. The molecule has 0 saturated carbocycles. The van der Waals surface area contributed by atoms with Crippen LogP contribution in [-0.2, 0) is 6.42 Å². The van der Waals surface area contributed by atoms with Crippen molar-refractivity contribution in [2.24, 2.45) is 0 Å². The number of hydrogen-bond donors (Lipinski definition) is 2. The summed E-state index contributed by atoms with van der Waals surface area (Å²) in [7, 11) is 1.62. The van der Waals surface area contributed by atoms with Gasteiger partial charge in [0.05, 0.1) is 0 Å². The second-order valence-electron chi connectivity index (χ2n) is 4.65. The van der Waals surface area contributed by atoms with Crippen LogP contribution in [-0.4, -0.2) is 18.1 Å². The van der Waals surface area contributed by atoms with E-state index in [-0.39, 0.29) is 5.91 Å². The zero-order valence-electron chi connectivity index (χ0n) is 11.4. The third-order valence-corrected chi connectivity index (χ3v) is 3.40. The van der Waals surface area contributed by atoms with E-state index < -0.39 is 0 Å². The number of unbranched alkanes of at least 4 members (excludes halogenated alkanes) is 1. The van der Waals surface area contributed by atoms with Gasteiger partial charge in [0.1, 0.15) is 5.75 Å². The first-order valence-corrected chi connectivity index (χ1v) is 6.64. The van der Waals surface area contributed by atoms with E-state index in [1.807, 2.05) is 24.3 Å². The first-order valence-electron chi connectivity index (χ1n) is 6.64. The van der Waals surface area contributed by atoms with Crippen molar-refractivity contribution < 1.29 is 9.90 Å². The normalized spacial score (nSPS) is 10.6. The van der Waals surface area contributed by atoms with E-state index in [1.165, 1.54) is 0 Å². The number of aryl methyl sites for hydroxylation is 1. The fourth-order valence-electron chi connectivity index (χ4n) is 2.36. The van der Waals surface area contributed by atoms with Crippen LogP contribution in [0.5, 0.6) is 5.75 Å². The monoisotopic (exact) mass is 257 g/mol. The topological polar surface area (TPSA) is 49.3 Å². The zero-order chi connectivity index (χ0) is 13.8. The Hall–Kier alpha value is -2.03. The van der Waals surface area contributed by atoms with Gasteiger partial charge in [0.2, 0.25) is 0 Å². The second-order valence-corrected chi connectivity index (χ2v) is 4.65. The Balaban J connectivity index is 2.62. The molecule has 0 radical (unpaired) electrons. The lowest BCUT2D eigenvalue weighted by Crippen LogP contribution is -2.18. The van der Waals surface area contributed by atoms with Crippen molar-refractivity contribution >= 4 is 16.7 Å². The maximum absolute atomic E-state index is 11.9. The van der Waals surface area contributed by atoms with Crippen LogP contribution < -0.4 is 5.32 Å². The van der Waals surface area contributed by atoms with Crippen molar-refractivity contribution in [3.05, 3.63) is 41.5 Å². The van der Waals surface area contributed by atoms with Crippen molar-refractivity contribution in [2.45, 2.75) is 26.2 Å². The van der Waals surface area contributed by atoms with Gasteiger partial charge in [-0.25, -0.2) is 0 Å². The van der Waals surface area contributed by atoms with E-state index in [2.05, 4.69) is 12.2 Å². The van der Waals surface area contributed by atoms with E-state index >= 15 is 0 Å². The lowest BCUT2D eigenvalue weighted by molar-refractivity contribution is 0.0964. The average Bonchev–Trinajstić information content (AvgIpc) is 2.44. The van der Waals surface area contributed by atoms with Gasteiger partial charge in [0.25, 0.3) is 5.91 Å². The number of phenolic OH excluding ortho intramolecular Hbond substituents is 1. The standard InChI is InChI=1S/C16H19NO2/c1-3-4-6-13-11-7-5-8-14(16(19)17-2)12(11)9-10-15(13)18/h5,7-10,18H,3-4,6H2,1-2H3,(H,17,19). The fourth-order valence-corrected chi connectivity index (χ4v) is 2.36. The van der Waals surface area contributed by atoms with E-state index in [9.17, 15) is 9.90 Å². The van der Waals surface area contributed by atoms with Crippen LogP contribution in [0.2, 0.25) is 0 Å². The summed E-state index contributed by atoms with van der Waals surface area (Å²) in [4.78, 5) is 11.9. The molecule has 0 atom stereocenters. The van der Waals surface area contributed by atoms with Crippen molar-refractivity contribution in [1.82, 2.24) is 5.32 Å². The molecule has 100 valence electrons. The molecule has 0 heterocycles. The van der Waals surface area contributed by atoms with Gasteiger partial charge in [-0.3, -0.25) is 4.79 Å². The Bertz CT molecular complexity index is 605. The number of carbonyl (C=O) groups is 1. The van der Waals surface area contributed by atoms with Gasteiger partial charge in [-0.15, -0.1) is 0 Å². The highest BCUT2D eigenvalue weighted by molar-refractivity contribution is 6.08. The van der Waals surface area contributed by atoms with Crippen LogP contribution in [0.1, 0.15) is 35.7 Å². The highest BCUT2D eigenvalue weighted by Gasteiger charge is 2.12. The summed E-state index contributed by atoms with van der Waals surface area (Å²) in [5, 5.41) is 14.5. The summed E-state index contributed by atoms with van der Waals surface area (Å²) in [6.07, 6.45) is 2.93. The predicted octanol–water partition coefficient (Wildman–Crippen LogP) is 3.25. The van der Waals surface area contributed by atoms with E-state index in [1.54, 1.807) is 13.1 Å². The molecule has 0 bridgehead atoms. The minimum Gasteiger partial charge on any atom is -0.508 e. The molecule has 2 aromatic carbocycles. The van der Waals surface area contributed by atoms with Crippen LogP contribution in [0.25, 0.3) is 10.8 Å². The Labute approximate surface area is 113 Å². The Kier molecular flexibility index (Phi) is 4.05. The van der Waals surface area contributed by atoms with Crippen LogP contribution in [0.3, 0.4) is 0 Å². The first-order chi connectivity index (χ1) is 9.19. The zero-order valence-corrected chi connectivity index (χ0v) is 11.4. The van der Waals surface area contributed by atoms with Crippen molar-refractivity contribution in [3.63, 3.8) is 0 Å². The van der Waals surface area contributed by atoms with Gasteiger partial charge in [-0.1, -0.05) is 25.5 Å². The molecule has 3 heteroatoms. The Morgan fingerprint density at radius 2 is 2.00 bits per heavy atom. The minimum atomic E-state index is -0.0993.